The van der Waals surface area contributed by atoms with Crippen LogP contribution < -0.4 is 0 Å². The minimum absolute atomic E-state index is 0.160. The van der Waals surface area contributed by atoms with E-state index in [0.29, 0.717) is 5.25 Å². The Balaban J connectivity index is 3.05. The Morgan fingerprint density at radius 1 is 1.28 bits per heavy atom. The second kappa shape index (κ2) is 7.15. The molecular formula is C15H22OS2. The Bertz CT molecular complexity index is 448. The van der Waals surface area contributed by atoms with Gasteiger partial charge in [-0.05, 0) is 18.6 Å². The standard InChI is InChI=1S/C15H22OS2/c1-11(2)17-15(18(16)12(3)4)10-14-8-6-7-13(5)9-14/h6-12H,1-5H3. The smallest absolute Gasteiger partial charge is 0.0727 e. The van der Waals surface area contributed by atoms with Crippen LogP contribution in [-0.2, 0) is 10.8 Å². The molecule has 1 aromatic carbocycles. The van der Waals surface area contributed by atoms with Gasteiger partial charge in [-0.3, -0.25) is 4.21 Å². The van der Waals surface area contributed by atoms with E-state index in [1.807, 2.05) is 19.9 Å². The third kappa shape index (κ3) is 4.99. The fraction of sp³-hybridized carbons (Fsp3) is 0.467. The van der Waals surface area contributed by atoms with Crippen molar-refractivity contribution < 1.29 is 4.21 Å². The van der Waals surface area contributed by atoms with Gasteiger partial charge in [-0.25, -0.2) is 0 Å². The van der Waals surface area contributed by atoms with Crippen molar-refractivity contribution in [1.29, 1.82) is 0 Å². The Labute approximate surface area is 118 Å². The van der Waals surface area contributed by atoms with E-state index in [0.717, 1.165) is 9.80 Å². The van der Waals surface area contributed by atoms with Crippen LogP contribution in [0.15, 0.2) is 28.5 Å². The van der Waals surface area contributed by atoms with Crippen LogP contribution in [0, 0.1) is 6.92 Å². The lowest BCUT2D eigenvalue weighted by atomic mass is 10.1. The number of rotatable bonds is 5. The van der Waals surface area contributed by atoms with Crippen LogP contribution in [0.1, 0.15) is 38.8 Å². The third-order valence-electron chi connectivity index (χ3n) is 2.30. The summed E-state index contributed by atoms with van der Waals surface area (Å²) in [4.78, 5) is 0. The lowest BCUT2D eigenvalue weighted by Crippen LogP contribution is -2.07. The van der Waals surface area contributed by atoms with E-state index in [1.54, 1.807) is 11.8 Å². The molecule has 0 aliphatic rings. The van der Waals surface area contributed by atoms with E-state index < -0.39 is 10.8 Å². The Morgan fingerprint density at radius 3 is 2.44 bits per heavy atom. The summed E-state index contributed by atoms with van der Waals surface area (Å²) in [6, 6.07) is 8.30. The first kappa shape index (κ1) is 15.5. The first-order chi connectivity index (χ1) is 8.40. The summed E-state index contributed by atoms with van der Waals surface area (Å²) in [7, 11) is -0.913. The first-order valence-electron chi connectivity index (χ1n) is 6.25. The van der Waals surface area contributed by atoms with Crippen LogP contribution in [0.2, 0.25) is 0 Å². The summed E-state index contributed by atoms with van der Waals surface area (Å²) in [5.74, 6) is 0. The van der Waals surface area contributed by atoms with Crippen molar-refractivity contribution in [3.63, 3.8) is 0 Å². The quantitative estimate of drug-likeness (QED) is 0.785. The maximum absolute atomic E-state index is 12.3. The normalized spacial score (nSPS) is 14.3. The van der Waals surface area contributed by atoms with Gasteiger partial charge in [-0.2, -0.15) is 0 Å². The van der Waals surface area contributed by atoms with Crippen molar-refractivity contribution in [2.45, 2.75) is 45.1 Å². The van der Waals surface area contributed by atoms with Crippen molar-refractivity contribution in [2.75, 3.05) is 0 Å². The molecule has 1 atom stereocenters. The predicted molar refractivity (Wildman–Crippen MR) is 85.2 cm³/mol. The Morgan fingerprint density at radius 2 is 1.94 bits per heavy atom. The monoisotopic (exact) mass is 282 g/mol. The van der Waals surface area contributed by atoms with Gasteiger partial charge in [0, 0.05) is 10.5 Å². The van der Waals surface area contributed by atoms with Crippen LogP contribution in [0.5, 0.6) is 0 Å². The molecule has 1 rings (SSSR count). The SMILES string of the molecule is Cc1cccc(C=C(SC(C)C)S(=O)C(C)C)c1. The highest BCUT2D eigenvalue weighted by molar-refractivity contribution is 8.17. The van der Waals surface area contributed by atoms with E-state index in [1.165, 1.54) is 5.56 Å². The molecule has 0 saturated carbocycles. The molecule has 0 spiro atoms. The molecule has 3 heteroatoms. The van der Waals surface area contributed by atoms with Crippen LogP contribution in [0.4, 0.5) is 0 Å². The van der Waals surface area contributed by atoms with Crippen molar-refractivity contribution in [1.82, 2.24) is 0 Å². The summed E-state index contributed by atoms with van der Waals surface area (Å²) in [6.45, 7) is 10.3. The van der Waals surface area contributed by atoms with Crippen LogP contribution in [0.25, 0.3) is 6.08 Å². The van der Waals surface area contributed by atoms with E-state index >= 15 is 0 Å². The Kier molecular flexibility index (Phi) is 6.16. The fourth-order valence-corrected chi connectivity index (χ4v) is 4.42. The molecule has 0 aliphatic heterocycles. The summed E-state index contributed by atoms with van der Waals surface area (Å²) in [5.41, 5.74) is 2.36. The van der Waals surface area contributed by atoms with Crippen molar-refractivity contribution in [2.24, 2.45) is 0 Å². The molecule has 18 heavy (non-hydrogen) atoms. The maximum Gasteiger partial charge on any atom is 0.0727 e. The lowest BCUT2D eigenvalue weighted by molar-refractivity contribution is 0.682. The molecule has 0 bridgehead atoms. The van der Waals surface area contributed by atoms with Gasteiger partial charge in [0.1, 0.15) is 0 Å². The highest BCUT2D eigenvalue weighted by Crippen LogP contribution is 2.28. The highest BCUT2D eigenvalue weighted by Gasteiger charge is 2.14. The highest BCUT2D eigenvalue weighted by atomic mass is 32.2. The summed E-state index contributed by atoms with van der Waals surface area (Å²) in [5, 5.41) is 0.607. The maximum atomic E-state index is 12.3. The van der Waals surface area contributed by atoms with Gasteiger partial charge in [0.15, 0.2) is 0 Å². The molecule has 100 valence electrons. The molecule has 0 aliphatic carbocycles. The second-order valence-corrected chi connectivity index (χ2v) is 8.74. The number of hydrogen-bond donors (Lipinski definition) is 0. The van der Waals surface area contributed by atoms with Crippen LogP contribution in [0.3, 0.4) is 0 Å². The molecule has 1 unspecified atom stereocenters. The van der Waals surface area contributed by atoms with Crippen molar-refractivity contribution >= 4 is 28.6 Å². The van der Waals surface area contributed by atoms with E-state index in [4.69, 9.17) is 0 Å². The van der Waals surface area contributed by atoms with Gasteiger partial charge in [-0.15, -0.1) is 11.8 Å². The average molecular weight is 282 g/mol. The minimum atomic E-state index is -0.913. The molecule has 0 amide bonds. The zero-order valence-corrected chi connectivity index (χ0v) is 13.4. The van der Waals surface area contributed by atoms with Gasteiger partial charge in [0.05, 0.1) is 15.0 Å². The Hall–Kier alpha value is -0.540. The summed E-state index contributed by atoms with van der Waals surface area (Å²) >= 11 is 1.70. The molecule has 1 nitrogen and oxygen atoms in total. The largest absolute Gasteiger partial charge is 0.254 e. The first-order valence-corrected chi connectivity index (χ1v) is 8.35. The zero-order valence-electron chi connectivity index (χ0n) is 11.8. The minimum Gasteiger partial charge on any atom is -0.254 e. The van der Waals surface area contributed by atoms with Crippen LogP contribution >= 0.6 is 11.8 Å². The number of thioether (sulfide) groups is 1. The predicted octanol–water partition coefficient (Wildman–Crippen LogP) is 4.59. The van der Waals surface area contributed by atoms with Gasteiger partial charge in [0.2, 0.25) is 0 Å². The third-order valence-corrected chi connectivity index (χ3v) is 5.28. The fourth-order valence-electron chi connectivity index (χ4n) is 1.50. The lowest BCUT2D eigenvalue weighted by Gasteiger charge is -2.12. The summed E-state index contributed by atoms with van der Waals surface area (Å²) in [6.07, 6.45) is 2.06. The van der Waals surface area contributed by atoms with Gasteiger partial charge >= 0.3 is 0 Å². The average Bonchev–Trinajstić information content (AvgIpc) is 2.26. The summed E-state index contributed by atoms with van der Waals surface area (Å²) < 4.78 is 13.3. The molecule has 0 aromatic heterocycles. The molecule has 1 aromatic rings. The molecule has 0 fully saturated rings. The van der Waals surface area contributed by atoms with Crippen molar-refractivity contribution in [3.05, 3.63) is 39.6 Å². The van der Waals surface area contributed by atoms with Crippen molar-refractivity contribution in [3.8, 4) is 0 Å². The second-order valence-electron chi connectivity index (χ2n) is 4.89. The molecule has 0 N–H and O–H groups in total. The topological polar surface area (TPSA) is 17.1 Å². The zero-order chi connectivity index (χ0) is 13.7. The van der Waals surface area contributed by atoms with Gasteiger partial charge < -0.3 is 0 Å². The number of aryl methyl sites for hydroxylation is 1. The number of hydrogen-bond acceptors (Lipinski definition) is 2. The molecule has 0 saturated heterocycles. The molecule has 0 heterocycles. The molecular weight excluding hydrogens is 260 g/mol. The van der Waals surface area contributed by atoms with Gasteiger partial charge in [-0.1, -0.05) is 57.5 Å². The number of benzene rings is 1. The van der Waals surface area contributed by atoms with E-state index in [-0.39, 0.29) is 5.25 Å². The van der Waals surface area contributed by atoms with E-state index in [2.05, 4.69) is 45.0 Å². The molecule has 0 radical (unpaired) electrons. The van der Waals surface area contributed by atoms with Gasteiger partial charge in [0.25, 0.3) is 0 Å². The van der Waals surface area contributed by atoms with Crippen LogP contribution in [-0.4, -0.2) is 14.7 Å². The van der Waals surface area contributed by atoms with E-state index in [9.17, 15) is 4.21 Å².